The molecular formula is C16H25ClN2O2. The zero-order chi connectivity index (χ0) is 14.8. The molecule has 1 atom stereocenters. The molecule has 1 aliphatic rings. The van der Waals surface area contributed by atoms with Gasteiger partial charge in [0.05, 0.1) is 0 Å². The summed E-state index contributed by atoms with van der Waals surface area (Å²) < 4.78 is 5.60. The lowest BCUT2D eigenvalue weighted by Crippen LogP contribution is -2.36. The molecule has 2 N–H and O–H groups in total. The third-order valence-electron chi connectivity index (χ3n) is 4.24. The highest BCUT2D eigenvalue weighted by Crippen LogP contribution is 2.28. The van der Waals surface area contributed by atoms with Gasteiger partial charge in [-0.1, -0.05) is 13.0 Å². The molecule has 4 nitrogen and oxygen atoms in total. The first-order valence-corrected chi connectivity index (χ1v) is 7.11. The van der Waals surface area contributed by atoms with E-state index in [1.165, 1.54) is 11.1 Å². The number of rotatable bonds is 4. The van der Waals surface area contributed by atoms with Crippen LogP contribution in [0.15, 0.2) is 18.2 Å². The van der Waals surface area contributed by atoms with E-state index in [4.69, 9.17) is 10.5 Å². The number of halogens is 1. The van der Waals surface area contributed by atoms with Gasteiger partial charge < -0.3 is 15.4 Å². The summed E-state index contributed by atoms with van der Waals surface area (Å²) in [4.78, 5) is 14.0. The van der Waals surface area contributed by atoms with Gasteiger partial charge >= 0.3 is 0 Å². The van der Waals surface area contributed by atoms with Gasteiger partial charge in [0.2, 0.25) is 0 Å². The van der Waals surface area contributed by atoms with E-state index in [2.05, 4.69) is 13.8 Å². The van der Waals surface area contributed by atoms with Crippen LogP contribution in [0.2, 0.25) is 0 Å². The van der Waals surface area contributed by atoms with E-state index >= 15 is 0 Å². The molecule has 1 aromatic carbocycles. The Labute approximate surface area is 133 Å². The second-order valence-electron chi connectivity index (χ2n) is 6.11. The van der Waals surface area contributed by atoms with Crippen molar-refractivity contribution in [2.75, 3.05) is 26.2 Å². The van der Waals surface area contributed by atoms with Gasteiger partial charge in [-0.05, 0) is 55.5 Å². The highest BCUT2D eigenvalue weighted by molar-refractivity contribution is 5.85. The number of hydrogen-bond donors (Lipinski definition) is 1. The summed E-state index contributed by atoms with van der Waals surface area (Å²) in [6.45, 7) is 8.46. The van der Waals surface area contributed by atoms with Gasteiger partial charge in [0.25, 0.3) is 5.91 Å². The van der Waals surface area contributed by atoms with Crippen molar-refractivity contribution in [3.8, 4) is 5.75 Å². The van der Waals surface area contributed by atoms with Crippen molar-refractivity contribution in [2.24, 2.45) is 11.1 Å². The van der Waals surface area contributed by atoms with E-state index in [1.54, 1.807) is 0 Å². The van der Waals surface area contributed by atoms with Crippen LogP contribution in [0, 0.1) is 19.3 Å². The minimum absolute atomic E-state index is 0. The molecule has 0 radical (unpaired) electrons. The number of carbonyl (C=O) groups excluding carboxylic acids is 1. The predicted octanol–water partition coefficient (Wildman–Crippen LogP) is 2.30. The highest BCUT2D eigenvalue weighted by atomic mass is 35.5. The Bertz CT molecular complexity index is 507. The number of likely N-dealkylation sites (tertiary alicyclic amines) is 1. The lowest BCUT2D eigenvalue weighted by Gasteiger charge is -2.22. The van der Waals surface area contributed by atoms with Crippen LogP contribution in [-0.2, 0) is 4.79 Å². The maximum atomic E-state index is 12.1. The summed E-state index contributed by atoms with van der Waals surface area (Å²) in [5, 5.41) is 0. The average Bonchev–Trinajstić information content (AvgIpc) is 2.83. The summed E-state index contributed by atoms with van der Waals surface area (Å²) in [6, 6.07) is 5.89. The predicted molar refractivity (Wildman–Crippen MR) is 87.0 cm³/mol. The van der Waals surface area contributed by atoms with Crippen molar-refractivity contribution < 1.29 is 9.53 Å². The molecular weight excluding hydrogens is 288 g/mol. The molecule has 1 fully saturated rings. The highest BCUT2D eigenvalue weighted by Gasteiger charge is 2.34. The fourth-order valence-corrected chi connectivity index (χ4v) is 2.44. The monoisotopic (exact) mass is 312 g/mol. The Kier molecular flexibility index (Phi) is 6.05. The lowest BCUT2D eigenvalue weighted by atomic mass is 9.90. The van der Waals surface area contributed by atoms with E-state index in [0.29, 0.717) is 6.54 Å². The number of ether oxygens (including phenoxy) is 1. The van der Waals surface area contributed by atoms with Crippen LogP contribution in [0.25, 0.3) is 0 Å². The number of benzene rings is 1. The van der Waals surface area contributed by atoms with E-state index < -0.39 is 0 Å². The first kappa shape index (κ1) is 17.8. The first-order chi connectivity index (χ1) is 9.43. The molecule has 0 saturated carbocycles. The minimum Gasteiger partial charge on any atom is -0.484 e. The summed E-state index contributed by atoms with van der Waals surface area (Å²) in [7, 11) is 0. The van der Waals surface area contributed by atoms with Gasteiger partial charge in [-0.2, -0.15) is 0 Å². The lowest BCUT2D eigenvalue weighted by molar-refractivity contribution is -0.132. The third kappa shape index (κ3) is 4.35. The van der Waals surface area contributed by atoms with Crippen molar-refractivity contribution in [1.29, 1.82) is 0 Å². The van der Waals surface area contributed by atoms with Crippen LogP contribution in [0.5, 0.6) is 5.75 Å². The van der Waals surface area contributed by atoms with Gasteiger partial charge in [0.15, 0.2) is 6.61 Å². The molecule has 1 aromatic rings. The normalized spacial score (nSPS) is 21.0. The Morgan fingerprint density at radius 2 is 2.10 bits per heavy atom. The molecule has 1 aliphatic heterocycles. The van der Waals surface area contributed by atoms with Crippen molar-refractivity contribution in [3.05, 3.63) is 29.3 Å². The van der Waals surface area contributed by atoms with Gasteiger partial charge in [-0.25, -0.2) is 0 Å². The summed E-state index contributed by atoms with van der Waals surface area (Å²) >= 11 is 0. The zero-order valence-corrected chi connectivity index (χ0v) is 13.8. The Balaban J connectivity index is 0.00000220. The van der Waals surface area contributed by atoms with Gasteiger partial charge in [-0.15, -0.1) is 12.4 Å². The van der Waals surface area contributed by atoms with Crippen LogP contribution in [0.3, 0.4) is 0 Å². The van der Waals surface area contributed by atoms with Crippen molar-refractivity contribution in [3.63, 3.8) is 0 Å². The van der Waals surface area contributed by atoms with Crippen LogP contribution in [0.1, 0.15) is 24.5 Å². The molecule has 2 rings (SSSR count). The van der Waals surface area contributed by atoms with Gasteiger partial charge in [0, 0.05) is 13.1 Å². The number of aryl methyl sites for hydroxylation is 2. The van der Waals surface area contributed by atoms with Gasteiger partial charge in [-0.3, -0.25) is 4.79 Å². The number of hydrogen-bond acceptors (Lipinski definition) is 3. The first-order valence-electron chi connectivity index (χ1n) is 7.11. The molecule has 1 saturated heterocycles. The minimum atomic E-state index is 0. The quantitative estimate of drug-likeness (QED) is 0.928. The Morgan fingerprint density at radius 3 is 2.67 bits per heavy atom. The number of nitrogens with two attached hydrogens (primary N) is 1. The third-order valence-corrected chi connectivity index (χ3v) is 4.24. The maximum Gasteiger partial charge on any atom is 0.260 e. The standard InChI is InChI=1S/C16H24N2O2.ClH/c1-12-4-5-14(8-13(12)2)20-9-15(19)18-7-6-16(3,10-17)11-18;/h4-5,8H,6-7,9-11,17H2,1-3H3;1H. The molecule has 0 aliphatic carbocycles. The van der Waals surface area contributed by atoms with Crippen molar-refractivity contribution in [2.45, 2.75) is 27.2 Å². The van der Waals surface area contributed by atoms with Crippen LogP contribution >= 0.6 is 12.4 Å². The molecule has 0 spiro atoms. The molecule has 0 aromatic heterocycles. The van der Waals surface area contributed by atoms with E-state index in [0.717, 1.165) is 25.3 Å². The SMILES string of the molecule is Cc1ccc(OCC(=O)N2CCC(C)(CN)C2)cc1C.Cl. The Morgan fingerprint density at radius 1 is 1.38 bits per heavy atom. The van der Waals surface area contributed by atoms with Crippen LogP contribution in [-0.4, -0.2) is 37.0 Å². The molecule has 118 valence electrons. The maximum absolute atomic E-state index is 12.1. The van der Waals surface area contributed by atoms with E-state index in [-0.39, 0.29) is 30.3 Å². The molecule has 1 unspecified atom stereocenters. The molecule has 0 bridgehead atoms. The molecule has 1 heterocycles. The zero-order valence-electron chi connectivity index (χ0n) is 13.0. The summed E-state index contributed by atoms with van der Waals surface area (Å²) in [6.07, 6.45) is 0.971. The number of nitrogens with zero attached hydrogens (tertiary/aromatic N) is 1. The summed E-state index contributed by atoms with van der Waals surface area (Å²) in [5.74, 6) is 0.794. The smallest absolute Gasteiger partial charge is 0.260 e. The van der Waals surface area contributed by atoms with Crippen LogP contribution in [0.4, 0.5) is 0 Å². The fourth-order valence-electron chi connectivity index (χ4n) is 2.44. The fraction of sp³-hybridized carbons (Fsp3) is 0.562. The van der Waals surface area contributed by atoms with Crippen molar-refractivity contribution in [1.82, 2.24) is 4.90 Å². The molecule has 5 heteroatoms. The number of amides is 1. The summed E-state index contributed by atoms with van der Waals surface area (Å²) in [5.41, 5.74) is 8.22. The Hall–Kier alpha value is -1.26. The number of carbonyl (C=O) groups is 1. The largest absolute Gasteiger partial charge is 0.484 e. The second-order valence-corrected chi connectivity index (χ2v) is 6.11. The average molecular weight is 313 g/mol. The van der Waals surface area contributed by atoms with E-state index in [9.17, 15) is 4.79 Å². The molecule has 21 heavy (non-hydrogen) atoms. The second kappa shape index (κ2) is 7.14. The van der Waals surface area contributed by atoms with E-state index in [1.807, 2.05) is 30.0 Å². The topological polar surface area (TPSA) is 55.6 Å². The van der Waals surface area contributed by atoms with Crippen LogP contribution < -0.4 is 10.5 Å². The molecule has 1 amide bonds. The van der Waals surface area contributed by atoms with Crippen molar-refractivity contribution >= 4 is 18.3 Å². The van der Waals surface area contributed by atoms with Gasteiger partial charge in [0.1, 0.15) is 5.75 Å².